The topological polar surface area (TPSA) is 44.4 Å². The molecular weight excluding hydrogens is 1410 g/mol. The fraction of sp³-hybridized carbons (Fsp3) is 0.236. The molecule has 14 aromatic carbocycles. The Morgan fingerprint density at radius 3 is 0.664 bits per heavy atom. The van der Waals surface area contributed by atoms with Gasteiger partial charge in [0, 0.05) is 124 Å². The Hall–Kier alpha value is -12.1. The molecule has 20 rings (SSSR count). The van der Waals surface area contributed by atoms with Crippen molar-refractivity contribution in [2.24, 2.45) is 10.2 Å². The molecule has 0 radical (unpaired) electrons. The van der Waals surface area contributed by atoms with Crippen molar-refractivity contribution in [3.05, 3.63) is 350 Å². The monoisotopic (exact) mass is 1510 g/mol. The summed E-state index contributed by atoms with van der Waals surface area (Å²) in [7, 11) is 0. The first-order valence-corrected chi connectivity index (χ1v) is 43.5. The lowest BCUT2D eigenvalue weighted by molar-refractivity contribution is 0.397. The van der Waals surface area contributed by atoms with E-state index in [4.69, 9.17) is 10.2 Å². The van der Waals surface area contributed by atoms with Gasteiger partial charge in [-0.3, -0.25) is 0 Å². The summed E-state index contributed by atoms with van der Waals surface area (Å²) >= 11 is 0. The Morgan fingerprint density at radius 2 is 0.397 bits per heavy atom. The number of aryl methyl sites for hydroxylation is 4. The van der Waals surface area contributed by atoms with Crippen LogP contribution in [0.25, 0.3) is 132 Å². The molecule has 2 aliphatic carbocycles. The molecule has 0 fully saturated rings. The Balaban J connectivity index is 0.529. The van der Waals surface area contributed by atoms with Crippen molar-refractivity contribution in [3.8, 4) is 44.5 Å². The van der Waals surface area contributed by atoms with E-state index in [9.17, 15) is 0 Å². The second-order valence-electron chi connectivity index (χ2n) is 33.5. The van der Waals surface area contributed by atoms with Gasteiger partial charge in [0.15, 0.2) is 0 Å². The summed E-state index contributed by atoms with van der Waals surface area (Å²) in [5, 5.41) is 20.6. The number of aromatic nitrogens is 4. The molecule has 4 aromatic heterocycles. The molecule has 0 N–H and O–H groups in total. The van der Waals surface area contributed by atoms with Crippen molar-refractivity contribution in [1.29, 1.82) is 0 Å². The van der Waals surface area contributed by atoms with E-state index in [0.717, 1.165) is 88.9 Å². The summed E-state index contributed by atoms with van der Waals surface area (Å²) in [6.07, 6.45) is 23.6. The summed E-state index contributed by atoms with van der Waals surface area (Å²) in [6.45, 7) is 4.14. The van der Waals surface area contributed by atoms with E-state index >= 15 is 0 Å². The summed E-state index contributed by atoms with van der Waals surface area (Å²) in [6, 6.07) is 123. The third kappa shape index (κ3) is 13.5. The average molecular weight is 1510 g/mol. The maximum absolute atomic E-state index is 4.89. The number of hydrogen-bond acceptors (Lipinski definition) is 2. The van der Waals surface area contributed by atoms with Crippen molar-refractivity contribution in [2.45, 2.75) is 165 Å². The molecule has 116 heavy (non-hydrogen) atoms. The van der Waals surface area contributed by atoms with E-state index < -0.39 is 0 Å². The van der Waals surface area contributed by atoms with E-state index in [2.05, 4.69) is 346 Å². The van der Waals surface area contributed by atoms with E-state index in [-0.39, 0.29) is 10.8 Å². The zero-order chi connectivity index (χ0) is 77.2. The molecule has 6 nitrogen and oxygen atoms in total. The largest absolute Gasteiger partial charge is 0.340 e. The number of rotatable bonds is 32. The van der Waals surface area contributed by atoms with Gasteiger partial charge in [-0.2, -0.15) is 10.2 Å². The van der Waals surface area contributed by atoms with Gasteiger partial charge in [-0.05, 0) is 203 Å². The molecule has 572 valence electrons. The molecule has 0 atom stereocenters. The van der Waals surface area contributed by atoms with Crippen molar-refractivity contribution >= 4 is 98.6 Å². The first kappa shape index (κ1) is 72.8. The van der Waals surface area contributed by atoms with Gasteiger partial charge in [0.1, 0.15) is 0 Å². The van der Waals surface area contributed by atoms with Crippen molar-refractivity contribution in [2.75, 3.05) is 0 Å². The highest BCUT2D eigenvalue weighted by molar-refractivity contribution is 6.11. The highest BCUT2D eigenvalue weighted by Crippen LogP contribution is 2.57. The average Bonchev–Trinajstić information content (AvgIpc) is 1.57. The fourth-order valence-electron chi connectivity index (χ4n) is 21.3. The highest BCUT2D eigenvalue weighted by Gasteiger charge is 2.44. The zero-order valence-corrected chi connectivity index (χ0v) is 66.8. The van der Waals surface area contributed by atoms with Crippen LogP contribution in [0.1, 0.15) is 151 Å². The van der Waals surface area contributed by atoms with Crippen LogP contribution in [0.4, 0.5) is 11.4 Å². The summed E-state index contributed by atoms with van der Waals surface area (Å²) in [5.41, 5.74) is 28.9. The molecule has 4 heterocycles. The second kappa shape index (κ2) is 32.3. The normalized spacial score (nSPS) is 13.4. The predicted octanol–water partition coefficient (Wildman–Crippen LogP) is 31.0. The number of para-hydroxylation sites is 8. The van der Waals surface area contributed by atoms with E-state index in [1.807, 2.05) is 0 Å². The molecule has 0 unspecified atom stereocenters. The van der Waals surface area contributed by atoms with Gasteiger partial charge < -0.3 is 18.3 Å². The Bertz CT molecular complexity index is 5770. The van der Waals surface area contributed by atoms with Crippen LogP contribution in [0.5, 0.6) is 0 Å². The molecule has 0 saturated carbocycles. The van der Waals surface area contributed by atoms with Crippen LogP contribution >= 0.6 is 0 Å². The first-order valence-electron chi connectivity index (χ1n) is 43.5. The van der Waals surface area contributed by atoms with Crippen LogP contribution in [-0.2, 0) is 37.0 Å². The van der Waals surface area contributed by atoms with Gasteiger partial charge in [0.05, 0.1) is 11.4 Å². The minimum Gasteiger partial charge on any atom is -0.340 e. The summed E-state index contributed by atoms with van der Waals surface area (Å²) in [4.78, 5) is 0. The highest BCUT2D eigenvalue weighted by atomic mass is 15.1. The van der Waals surface area contributed by atoms with Crippen LogP contribution in [0.2, 0.25) is 0 Å². The van der Waals surface area contributed by atoms with Crippen molar-refractivity contribution < 1.29 is 0 Å². The second-order valence-corrected chi connectivity index (χ2v) is 33.5. The van der Waals surface area contributed by atoms with Crippen molar-refractivity contribution in [3.63, 3.8) is 0 Å². The standard InChI is InChI=1S/C110H102N6/c1(5-33-73-113-101-49-21-11-39-89(101)90-40-12-22-50-102(90)113)29-69-109(70-30-2-6-34-74-114-103-51-23-13-41-91(103)92-42-14-24-52-104(92)114)97-47-19-9-37-85(97)87-67-61-81(77-99(87)109)79-57-63-83(64-58-79)111-112-84-65-59-80(60-66-84)82-62-68-88-86-38-10-20-48-98(86)110(100(88)78-82,71-31-3-7-35-75-115-105-53-25-15-43-93(105)94-44-16-26-54-106(94)115)72-32-4-8-36-76-116-107-55-27-17-45-95(107)96-46-18-28-56-108(96)116/h9-28,37-68,77-78H,1-8,29-36,69-76H2. The maximum atomic E-state index is 4.89. The maximum Gasteiger partial charge on any atom is 0.0857 e. The minimum absolute atomic E-state index is 0.0723. The molecular formula is C110H102N6. The van der Waals surface area contributed by atoms with Gasteiger partial charge in [-0.1, -0.05) is 320 Å². The molecule has 0 aliphatic heterocycles. The number of unbranched alkanes of at least 4 members (excludes halogenated alkanes) is 12. The summed E-state index contributed by atoms with van der Waals surface area (Å²) < 4.78 is 10.3. The van der Waals surface area contributed by atoms with Crippen LogP contribution in [0.15, 0.2) is 338 Å². The van der Waals surface area contributed by atoms with Gasteiger partial charge in [0.25, 0.3) is 0 Å². The van der Waals surface area contributed by atoms with Gasteiger partial charge in [-0.25, -0.2) is 0 Å². The van der Waals surface area contributed by atoms with E-state index in [0.29, 0.717) is 0 Å². The fourth-order valence-corrected chi connectivity index (χ4v) is 21.3. The van der Waals surface area contributed by atoms with Crippen LogP contribution in [0, 0.1) is 0 Å². The molecule has 2 aliphatic rings. The first-order chi connectivity index (χ1) is 57.5. The van der Waals surface area contributed by atoms with E-state index in [1.165, 1.54) is 231 Å². The van der Waals surface area contributed by atoms with Crippen molar-refractivity contribution in [1.82, 2.24) is 18.3 Å². The van der Waals surface area contributed by atoms with E-state index in [1.54, 1.807) is 0 Å². The minimum atomic E-state index is -0.0723. The van der Waals surface area contributed by atoms with Gasteiger partial charge >= 0.3 is 0 Å². The molecule has 18 aromatic rings. The SMILES string of the molecule is c1ccc2c(c1)-c1ccc(-c3ccc(N=Nc4ccc(-c5ccc6c(c5)C(CCCCCCn5c7ccccc7c7ccccc75)(CCCCCCn5c7ccccc7c7ccccc75)c5ccccc5-6)cc4)cc3)cc1C2(CCCCCCn1c2ccccc2c2ccccc21)CCCCCCn1c2ccccc2c2ccccc21. The van der Waals surface area contributed by atoms with Crippen LogP contribution in [-0.4, -0.2) is 18.3 Å². The van der Waals surface area contributed by atoms with Crippen LogP contribution in [0.3, 0.4) is 0 Å². The Labute approximate surface area is 682 Å². The van der Waals surface area contributed by atoms with Gasteiger partial charge in [-0.15, -0.1) is 0 Å². The lowest BCUT2D eigenvalue weighted by Crippen LogP contribution is -2.25. The summed E-state index contributed by atoms with van der Waals surface area (Å²) in [5.74, 6) is 0. The zero-order valence-electron chi connectivity index (χ0n) is 66.8. The third-order valence-electron chi connectivity index (χ3n) is 26.9. The quantitative estimate of drug-likeness (QED) is 0.0298. The molecule has 6 heteroatoms. The molecule has 0 spiro atoms. The number of fused-ring (bicyclic) bond motifs is 18. The number of hydrogen-bond donors (Lipinski definition) is 0. The van der Waals surface area contributed by atoms with Crippen LogP contribution < -0.4 is 0 Å². The van der Waals surface area contributed by atoms with Gasteiger partial charge in [0.2, 0.25) is 0 Å². The third-order valence-corrected chi connectivity index (χ3v) is 26.9. The predicted molar refractivity (Wildman–Crippen MR) is 490 cm³/mol. The Morgan fingerprint density at radius 1 is 0.181 bits per heavy atom. The number of nitrogens with zero attached hydrogens (tertiary/aromatic N) is 6. The lowest BCUT2D eigenvalue weighted by Gasteiger charge is -2.33. The Kier molecular flexibility index (Phi) is 20.3. The number of azo groups is 1. The lowest BCUT2D eigenvalue weighted by atomic mass is 9.70. The molecule has 0 bridgehead atoms. The molecule has 0 saturated heterocycles. The number of benzene rings is 14. The smallest absolute Gasteiger partial charge is 0.0857 e. The molecule has 0 amide bonds.